The zero-order valence-corrected chi connectivity index (χ0v) is 14.7. The van der Waals surface area contributed by atoms with E-state index in [0.717, 1.165) is 44.8 Å². The maximum atomic E-state index is 12.6. The van der Waals surface area contributed by atoms with Crippen molar-refractivity contribution in [3.63, 3.8) is 0 Å². The number of carbonyl (C=O) groups is 1. The standard InChI is InChI=1S/C20H30N2O2/c1-2-19(17-6-4-3-5-7-17)20(23)21-14-16-8-11-22(12-9-16)18-10-13-24-15-18/h3-7,16,18-19H,2,8-15H2,1H3,(H,21,23)/t18-,19+/m1/s1. The molecule has 0 spiro atoms. The van der Waals surface area contributed by atoms with E-state index in [-0.39, 0.29) is 11.8 Å². The fourth-order valence-corrected chi connectivity index (χ4v) is 3.96. The molecule has 1 amide bonds. The Hall–Kier alpha value is -1.39. The van der Waals surface area contributed by atoms with Crippen molar-refractivity contribution in [1.29, 1.82) is 0 Å². The average Bonchev–Trinajstić information content (AvgIpc) is 3.17. The molecule has 2 aliphatic rings. The van der Waals surface area contributed by atoms with Crippen LogP contribution >= 0.6 is 0 Å². The van der Waals surface area contributed by atoms with Gasteiger partial charge < -0.3 is 10.1 Å². The smallest absolute Gasteiger partial charge is 0.227 e. The molecule has 1 aromatic carbocycles. The van der Waals surface area contributed by atoms with E-state index >= 15 is 0 Å². The molecule has 0 radical (unpaired) electrons. The Bertz CT molecular complexity index is 506. The Morgan fingerprint density at radius 1 is 1.25 bits per heavy atom. The molecule has 4 nitrogen and oxygen atoms in total. The Balaban J connectivity index is 1.43. The molecular weight excluding hydrogens is 300 g/mol. The fourth-order valence-electron chi connectivity index (χ4n) is 3.96. The highest BCUT2D eigenvalue weighted by atomic mass is 16.5. The van der Waals surface area contributed by atoms with Crippen molar-refractivity contribution < 1.29 is 9.53 Å². The van der Waals surface area contributed by atoms with Gasteiger partial charge in [0.1, 0.15) is 0 Å². The predicted octanol–water partition coefficient (Wildman–Crippen LogP) is 2.80. The van der Waals surface area contributed by atoms with Crippen LogP contribution in [0.25, 0.3) is 0 Å². The van der Waals surface area contributed by atoms with E-state index in [1.165, 1.54) is 19.3 Å². The van der Waals surface area contributed by atoms with Gasteiger partial charge in [-0.2, -0.15) is 0 Å². The Morgan fingerprint density at radius 2 is 2.00 bits per heavy atom. The third-order valence-corrected chi connectivity index (χ3v) is 5.56. The Morgan fingerprint density at radius 3 is 2.62 bits per heavy atom. The van der Waals surface area contributed by atoms with Crippen LogP contribution in [0.5, 0.6) is 0 Å². The van der Waals surface area contributed by atoms with Gasteiger partial charge in [0.25, 0.3) is 0 Å². The number of piperidine rings is 1. The molecule has 2 saturated heterocycles. The first-order chi connectivity index (χ1) is 11.8. The van der Waals surface area contributed by atoms with Crippen molar-refractivity contribution in [3.8, 4) is 0 Å². The second-order valence-electron chi connectivity index (χ2n) is 7.11. The molecule has 24 heavy (non-hydrogen) atoms. The van der Waals surface area contributed by atoms with Gasteiger partial charge in [-0.25, -0.2) is 0 Å². The highest BCUT2D eigenvalue weighted by Crippen LogP contribution is 2.23. The van der Waals surface area contributed by atoms with Crippen LogP contribution in [0, 0.1) is 5.92 Å². The van der Waals surface area contributed by atoms with E-state index in [4.69, 9.17) is 4.74 Å². The number of benzene rings is 1. The quantitative estimate of drug-likeness (QED) is 0.872. The summed E-state index contributed by atoms with van der Waals surface area (Å²) in [7, 11) is 0. The number of hydrogen-bond donors (Lipinski definition) is 1. The number of rotatable bonds is 6. The normalized spacial score (nSPS) is 24.0. The van der Waals surface area contributed by atoms with E-state index in [9.17, 15) is 4.79 Å². The van der Waals surface area contributed by atoms with E-state index in [2.05, 4.69) is 29.3 Å². The maximum absolute atomic E-state index is 12.6. The van der Waals surface area contributed by atoms with Crippen molar-refractivity contribution in [1.82, 2.24) is 10.2 Å². The molecule has 132 valence electrons. The molecule has 1 aromatic rings. The molecule has 0 aliphatic carbocycles. The minimum absolute atomic E-state index is 0.0260. The largest absolute Gasteiger partial charge is 0.380 e. The van der Waals surface area contributed by atoms with Crippen molar-refractivity contribution in [2.24, 2.45) is 5.92 Å². The van der Waals surface area contributed by atoms with Crippen LogP contribution in [-0.4, -0.2) is 49.7 Å². The summed E-state index contributed by atoms with van der Waals surface area (Å²) in [6.45, 7) is 7.00. The van der Waals surface area contributed by atoms with Gasteiger partial charge in [0.2, 0.25) is 5.91 Å². The zero-order valence-electron chi connectivity index (χ0n) is 14.7. The molecule has 2 aliphatic heterocycles. The van der Waals surface area contributed by atoms with Crippen LogP contribution in [0.2, 0.25) is 0 Å². The summed E-state index contributed by atoms with van der Waals surface area (Å²) in [5.74, 6) is 0.762. The molecule has 0 aromatic heterocycles. The Kier molecular flexibility index (Phi) is 6.27. The van der Waals surface area contributed by atoms with E-state index < -0.39 is 0 Å². The van der Waals surface area contributed by atoms with Crippen molar-refractivity contribution in [2.75, 3.05) is 32.8 Å². The minimum Gasteiger partial charge on any atom is -0.380 e. The molecule has 0 bridgehead atoms. The number of nitrogens with zero attached hydrogens (tertiary/aromatic N) is 1. The van der Waals surface area contributed by atoms with E-state index in [0.29, 0.717) is 12.0 Å². The monoisotopic (exact) mass is 330 g/mol. The van der Waals surface area contributed by atoms with Gasteiger partial charge >= 0.3 is 0 Å². The molecule has 2 fully saturated rings. The summed E-state index contributed by atoms with van der Waals surface area (Å²) in [5.41, 5.74) is 1.12. The van der Waals surface area contributed by atoms with Crippen molar-refractivity contribution in [3.05, 3.63) is 35.9 Å². The molecule has 0 saturated carbocycles. The third-order valence-electron chi connectivity index (χ3n) is 5.56. The Labute approximate surface area is 145 Å². The van der Waals surface area contributed by atoms with Crippen molar-refractivity contribution in [2.45, 2.75) is 44.6 Å². The first-order valence-corrected chi connectivity index (χ1v) is 9.42. The lowest BCUT2D eigenvalue weighted by molar-refractivity contribution is -0.122. The summed E-state index contributed by atoms with van der Waals surface area (Å²) < 4.78 is 5.50. The highest BCUT2D eigenvalue weighted by Gasteiger charge is 2.28. The van der Waals surface area contributed by atoms with Crippen LogP contribution in [-0.2, 0) is 9.53 Å². The number of amides is 1. The number of nitrogens with one attached hydrogen (secondary N) is 1. The lowest BCUT2D eigenvalue weighted by atomic mass is 9.93. The van der Waals surface area contributed by atoms with E-state index in [1.807, 2.05) is 18.2 Å². The predicted molar refractivity (Wildman–Crippen MR) is 96.0 cm³/mol. The van der Waals surface area contributed by atoms with Gasteiger partial charge in [-0.3, -0.25) is 9.69 Å². The van der Waals surface area contributed by atoms with Crippen LogP contribution in [0.1, 0.15) is 44.1 Å². The molecule has 1 N–H and O–H groups in total. The second kappa shape index (κ2) is 8.63. The molecule has 2 atom stereocenters. The van der Waals surface area contributed by atoms with Gasteiger partial charge in [-0.1, -0.05) is 37.3 Å². The van der Waals surface area contributed by atoms with Crippen LogP contribution in [0.4, 0.5) is 0 Å². The van der Waals surface area contributed by atoms with Gasteiger partial charge in [0, 0.05) is 19.2 Å². The number of carbonyl (C=O) groups excluding carboxylic acids is 1. The SMILES string of the molecule is CC[C@H](C(=O)NCC1CCN([C@@H]2CCOC2)CC1)c1ccccc1. The number of hydrogen-bond acceptors (Lipinski definition) is 3. The molecule has 4 heteroatoms. The first-order valence-electron chi connectivity index (χ1n) is 9.42. The molecule has 2 heterocycles. The zero-order chi connectivity index (χ0) is 16.8. The minimum atomic E-state index is -0.0260. The third kappa shape index (κ3) is 4.37. The van der Waals surface area contributed by atoms with Crippen molar-refractivity contribution >= 4 is 5.91 Å². The first kappa shape index (κ1) is 17.4. The van der Waals surface area contributed by atoms with Gasteiger partial charge in [0.15, 0.2) is 0 Å². The lowest BCUT2D eigenvalue weighted by Crippen LogP contribution is -2.44. The van der Waals surface area contributed by atoms with Gasteiger partial charge in [-0.15, -0.1) is 0 Å². The number of ether oxygens (including phenoxy) is 1. The summed E-state index contributed by atoms with van der Waals surface area (Å²) in [6, 6.07) is 10.7. The molecule has 3 rings (SSSR count). The number of likely N-dealkylation sites (tertiary alicyclic amines) is 1. The summed E-state index contributed by atoms with van der Waals surface area (Å²) >= 11 is 0. The maximum Gasteiger partial charge on any atom is 0.227 e. The lowest BCUT2D eigenvalue weighted by Gasteiger charge is -2.35. The van der Waals surface area contributed by atoms with Crippen LogP contribution in [0.3, 0.4) is 0 Å². The topological polar surface area (TPSA) is 41.6 Å². The van der Waals surface area contributed by atoms with Gasteiger partial charge in [0.05, 0.1) is 12.5 Å². The highest BCUT2D eigenvalue weighted by molar-refractivity contribution is 5.83. The second-order valence-corrected chi connectivity index (χ2v) is 7.11. The molecular formula is C20H30N2O2. The fraction of sp³-hybridized carbons (Fsp3) is 0.650. The molecule has 0 unspecified atom stereocenters. The van der Waals surface area contributed by atoms with E-state index in [1.54, 1.807) is 0 Å². The average molecular weight is 330 g/mol. The van der Waals surface area contributed by atoms with Gasteiger partial charge in [-0.05, 0) is 50.3 Å². The summed E-state index contributed by atoms with van der Waals surface area (Å²) in [5, 5.41) is 3.20. The van der Waals surface area contributed by atoms with Crippen LogP contribution in [0.15, 0.2) is 30.3 Å². The summed E-state index contributed by atoms with van der Waals surface area (Å²) in [4.78, 5) is 15.1. The van der Waals surface area contributed by atoms with Crippen LogP contribution < -0.4 is 5.32 Å². The summed E-state index contributed by atoms with van der Waals surface area (Å²) in [6.07, 6.45) is 4.38.